The van der Waals surface area contributed by atoms with Gasteiger partial charge < -0.3 is 5.73 Å². The fourth-order valence-corrected chi connectivity index (χ4v) is 3.38. The van der Waals surface area contributed by atoms with E-state index in [9.17, 15) is 0 Å². The van der Waals surface area contributed by atoms with Crippen LogP contribution in [0, 0.1) is 11.8 Å². The highest BCUT2D eigenvalue weighted by Gasteiger charge is 2.27. The molecule has 0 radical (unpaired) electrons. The zero-order valence-corrected chi connectivity index (χ0v) is 10.3. The lowest BCUT2D eigenvalue weighted by atomic mass is 9.75. The monoisotopic (exact) mass is 223 g/mol. The van der Waals surface area contributed by atoms with Crippen LogP contribution in [0.4, 0.5) is 0 Å². The molecule has 0 saturated heterocycles. The van der Waals surface area contributed by atoms with Crippen LogP contribution in [-0.4, -0.2) is 6.04 Å². The molecule has 2 heteroatoms. The van der Waals surface area contributed by atoms with Gasteiger partial charge in [0.1, 0.15) is 0 Å². The first-order valence-corrected chi connectivity index (χ1v) is 7.00. The number of hydrogen-bond donors (Lipinski definition) is 1. The Bertz CT molecular complexity index is 281. The molecule has 1 nitrogen and oxygen atoms in total. The molecule has 1 aromatic heterocycles. The highest BCUT2D eigenvalue weighted by Crippen LogP contribution is 2.32. The first-order valence-electron chi connectivity index (χ1n) is 6.06. The first kappa shape index (κ1) is 11.2. The van der Waals surface area contributed by atoms with Crippen LogP contribution < -0.4 is 5.73 Å². The van der Waals surface area contributed by atoms with Crippen LogP contribution >= 0.6 is 11.3 Å². The second kappa shape index (κ2) is 5.13. The zero-order valence-electron chi connectivity index (χ0n) is 9.49. The minimum atomic E-state index is 0.438. The molecule has 2 rings (SSSR count). The molecule has 0 bridgehead atoms. The van der Waals surface area contributed by atoms with Gasteiger partial charge in [0.25, 0.3) is 0 Å². The summed E-state index contributed by atoms with van der Waals surface area (Å²) >= 11 is 1.80. The zero-order chi connectivity index (χ0) is 10.7. The van der Waals surface area contributed by atoms with Gasteiger partial charge >= 0.3 is 0 Å². The van der Waals surface area contributed by atoms with E-state index in [0.717, 1.165) is 11.8 Å². The number of thiophene rings is 1. The van der Waals surface area contributed by atoms with Crippen molar-refractivity contribution in [1.29, 1.82) is 0 Å². The quantitative estimate of drug-likeness (QED) is 0.834. The van der Waals surface area contributed by atoms with Gasteiger partial charge in [0.05, 0.1) is 0 Å². The second-order valence-electron chi connectivity index (χ2n) is 4.85. The normalized spacial score (nSPS) is 31.7. The van der Waals surface area contributed by atoms with Crippen molar-refractivity contribution in [2.75, 3.05) is 0 Å². The van der Waals surface area contributed by atoms with E-state index in [0.29, 0.717) is 6.04 Å². The SMILES string of the molecule is CCC1CCC(N)C(Cc2ccsc2)C1. The fraction of sp³-hybridized carbons (Fsp3) is 0.692. The minimum Gasteiger partial charge on any atom is -0.327 e. The summed E-state index contributed by atoms with van der Waals surface area (Å²) in [5.74, 6) is 1.65. The summed E-state index contributed by atoms with van der Waals surface area (Å²) in [6, 6.07) is 2.68. The Morgan fingerprint density at radius 1 is 1.47 bits per heavy atom. The molecular weight excluding hydrogens is 202 g/mol. The van der Waals surface area contributed by atoms with Crippen molar-refractivity contribution in [2.45, 2.75) is 45.1 Å². The summed E-state index contributed by atoms with van der Waals surface area (Å²) in [5.41, 5.74) is 7.70. The maximum Gasteiger partial charge on any atom is 0.00705 e. The van der Waals surface area contributed by atoms with E-state index in [1.54, 1.807) is 11.3 Å². The number of hydrogen-bond acceptors (Lipinski definition) is 2. The molecular formula is C13H21NS. The van der Waals surface area contributed by atoms with E-state index in [-0.39, 0.29) is 0 Å². The topological polar surface area (TPSA) is 26.0 Å². The van der Waals surface area contributed by atoms with Crippen LogP contribution in [0.25, 0.3) is 0 Å². The Hall–Kier alpha value is -0.340. The lowest BCUT2D eigenvalue weighted by Gasteiger charge is -2.33. The molecule has 3 atom stereocenters. The molecule has 0 amide bonds. The molecule has 0 aromatic carbocycles. The molecule has 15 heavy (non-hydrogen) atoms. The summed E-state index contributed by atoms with van der Waals surface area (Å²) < 4.78 is 0. The number of nitrogens with two attached hydrogens (primary N) is 1. The highest BCUT2D eigenvalue weighted by molar-refractivity contribution is 7.07. The summed E-state index contributed by atoms with van der Waals surface area (Å²) in [7, 11) is 0. The molecule has 3 unspecified atom stereocenters. The van der Waals surface area contributed by atoms with E-state index in [1.807, 2.05) is 0 Å². The lowest BCUT2D eigenvalue weighted by molar-refractivity contribution is 0.227. The van der Waals surface area contributed by atoms with Crippen molar-refractivity contribution in [3.05, 3.63) is 22.4 Å². The highest BCUT2D eigenvalue weighted by atomic mass is 32.1. The molecule has 2 N–H and O–H groups in total. The van der Waals surface area contributed by atoms with Crippen LogP contribution in [0.5, 0.6) is 0 Å². The van der Waals surface area contributed by atoms with Gasteiger partial charge in [-0.2, -0.15) is 11.3 Å². The number of rotatable bonds is 3. The molecule has 0 spiro atoms. The van der Waals surface area contributed by atoms with E-state index in [2.05, 4.69) is 23.8 Å². The Morgan fingerprint density at radius 3 is 3.00 bits per heavy atom. The maximum atomic E-state index is 6.22. The minimum absolute atomic E-state index is 0.438. The van der Waals surface area contributed by atoms with Crippen molar-refractivity contribution >= 4 is 11.3 Å². The maximum absolute atomic E-state index is 6.22. The largest absolute Gasteiger partial charge is 0.327 e. The van der Waals surface area contributed by atoms with Crippen molar-refractivity contribution in [3.63, 3.8) is 0 Å². The van der Waals surface area contributed by atoms with Crippen molar-refractivity contribution < 1.29 is 0 Å². The van der Waals surface area contributed by atoms with Crippen LogP contribution in [0.1, 0.15) is 38.2 Å². The van der Waals surface area contributed by atoms with Gasteiger partial charge in [-0.05, 0) is 59.9 Å². The predicted molar refractivity (Wildman–Crippen MR) is 67.1 cm³/mol. The van der Waals surface area contributed by atoms with Gasteiger partial charge in [0.2, 0.25) is 0 Å². The van der Waals surface area contributed by atoms with E-state index < -0.39 is 0 Å². The van der Waals surface area contributed by atoms with Crippen LogP contribution in [0.3, 0.4) is 0 Å². The Labute approximate surface area is 96.7 Å². The van der Waals surface area contributed by atoms with E-state index in [4.69, 9.17) is 5.73 Å². The third-order valence-electron chi connectivity index (χ3n) is 3.81. The third-order valence-corrected chi connectivity index (χ3v) is 4.54. The molecule has 1 aliphatic carbocycles. The van der Waals surface area contributed by atoms with Crippen molar-refractivity contribution in [1.82, 2.24) is 0 Å². The van der Waals surface area contributed by atoms with Crippen LogP contribution in [-0.2, 0) is 6.42 Å². The standard InChI is InChI=1S/C13H21NS/c1-2-10-3-4-13(14)12(7-10)8-11-5-6-15-9-11/h5-6,9-10,12-13H,2-4,7-8,14H2,1H3. The molecule has 84 valence electrons. The fourth-order valence-electron chi connectivity index (χ4n) is 2.70. The molecule has 1 aliphatic rings. The second-order valence-corrected chi connectivity index (χ2v) is 5.63. The van der Waals surface area contributed by atoms with E-state index in [1.165, 1.54) is 37.7 Å². The van der Waals surface area contributed by atoms with E-state index >= 15 is 0 Å². The average molecular weight is 223 g/mol. The van der Waals surface area contributed by atoms with Crippen molar-refractivity contribution in [3.8, 4) is 0 Å². The van der Waals surface area contributed by atoms with Crippen LogP contribution in [0.2, 0.25) is 0 Å². The predicted octanol–water partition coefficient (Wildman–Crippen LogP) is 3.44. The molecule has 1 fully saturated rings. The Balaban J connectivity index is 1.94. The van der Waals surface area contributed by atoms with Gasteiger partial charge in [-0.3, -0.25) is 0 Å². The molecule has 1 heterocycles. The molecule has 0 aliphatic heterocycles. The summed E-state index contributed by atoms with van der Waals surface area (Å²) in [6.07, 6.45) is 6.44. The van der Waals surface area contributed by atoms with Crippen molar-refractivity contribution in [2.24, 2.45) is 17.6 Å². The van der Waals surface area contributed by atoms with Gasteiger partial charge in [-0.1, -0.05) is 13.3 Å². The smallest absolute Gasteiger partial charge is 0.00705 e. The third kappa shape index (κ3) is 2.82. The van der Waals surface area contributed by atoms with Gasteiger partial charge in [-0.25, -0.2) is 0 Å². The van der Waals surface area contributed by atoms with Gasteiger partial charge in [0.15, 0.2) is 0 Å². The molecule has 1 aromatic rings. The van der Waals surface area contributed by atoms with Gasteiger partial charge in [-0.15, -0.1) is 0 Å². The first-order chi connectivity index (χ1) is 7.29. The lowest BCUT2D eigenvalue weighted by Crippen LogP contribution is -2.37. The average Bonchev–Trinajstić information content (AvgIpc) is 2.74. The summed E-state index contributed by atoms with van der Waals surface area (Å²) in [5, 5.41) is 4.43. The summed E-state index contributed by atoms with van der Waals surface area (Å²) in [6.45, 7) is 2.31. The molecule has 1 saturated carbocycles. The van der Waals surface area contributed by atoms with Gasteiger partial charge in [0, 0.05) is 6.04 Å². The Kier molecular flexibility index (Phi) is 3.81. The Morgan fingerprint density at radius 2 is 2.33 bits per heavy atom. The summed E-state index contributed by atoms with van der Waals surface area (Å²) in [4.78, 5) is 0. The van der Waals surface area contributed by atoms with Crippen LogP contribution in [0.15, 0.2) is 16.8 Å².